The molecule has 0 aliphatic heterocycles. The van der Waals surface area contributed by atoms with Gasteiger partial charge in [0, 0.05) is 23.4 Å². The Morgan fingerprint density at radius 2 is 1.89 bits per heavy atom. The zero-order valence-electron chi connectivity index (χ0n) is 16.2. The Morgan fingerprint density at radius 3 is 2.56 bits per heavy atom. The van der Waals surface area contributed by atoms with Crippen LogP contribution in [0.3, 0.4) is 0 Å². The first-order valence-corrected chi connectivity index (χ1v) is 9.83. The van der Waals surface area contributed by atoms with Crippen molar-refractivity contribution in [3.8, 4) is 11.5 Å². The largest absolute Gasteiger partial charge is 0.490 e. The third kappa shape index (κ3) is 3.75. The van der Waals surface area contributed by atoms with Crippen molar-refractivity contribution in [1.29, 1.82) is 0 Å². The lowest BCUT2D eigenvalue weighted by molar-refractivity contribution is 0.102. The Kier molecular flexibility index (Phi) is 5.65. The molecule has 27 heavy (non-hydrogen) atoms. The van der Waals surface area contributed by atoms with E-state index in [-0.39, 0.29) is 11.8 Å². The van der Waals surface area contributed by atoms with E-state index in [9.17, 15) is 4.79 Å². The van der Waals surface area contributed by atoms with Crippen LogP contribution < -0.4 is 14.8 Å². The molecule has 144 valence electrons. The second kappa shape index (κ2) is 7.96. The zero-order valence-corrected chi connectivity index (χ0v) is 17.0. The summed E-state index contributed by atoms with van der Waals surface area (Å²) in [6.07, 6.45) is 0. The van der Waals surface area contributed by atoms with Crippen LogP contribution in [0.5, 0.6) is 11.5 Å². The number of hydrogen-bond acceptors (Lipinski definition) is 6. The van der Waals surface area contributed by atoms with Crippen molar-refractivity contribution in [3.05, 3.63) is 34.6 Å². The second-order valence-corrected chi connectivity index (χ2v) is 7.31. The number of benzene rings is 1. The van der Waals surface area contributed by atoms with E-state index in [1.165, 1.54) is 11.3 Å². The van der Waals surface area contributed by atoms with Crippen LogP contribution in [0.4, 0.5) is 5.69 Å². The van der Waals surface area contributed by atoms with Crippen LogP contribution in [0.15, 0.2) is 18.2 Å². The summed E-state index contributed by atoms with van der Waals surface area (Å²) >= 11 is 1.34. The molecule has 0 saturated heterocycles. The highest BCUT2D eigenvalue weighted by molar-refractivity contribution is 7.19. The summed E-state index contributed by atoms with van der Waals surface area (Å²) in [5.41, 5.74) is 1.50. The molecule has 2 aromatic heterocycles. The van der Waals surface area contributed by atoms with E-state index < -0.39 is 0 Å². The summed E-state index contributed by atoms with van der Waals surface area (Å²) in [6.45, 7) is 10.9. The minimum absolute atomic E-state index is 0.177. The van der Waals surface area contributed by atoms with Gasteiger partial charge in [-0.25, -0.2) is 0 Å². The molecule has 0 bridgehead atoms. The molecular weight excluding hydrogens is 364 g/mol. The first kappa shape index (κ1) is 19.2. The van der Waals surface area contributed by atoms with Crippen LogP contribution >= 0.6 is 11.3 Å². The molecule has 0 radical (unpaired) electrons. The summed E-state index contributed by atoms with van der Waals surface area (Å²) in [5.74, 6) is 2.18. The van der Waals surface area contributed by atoms with Crippen LogP contribution in [-0.2, 0) is 0 Å². The Morgan fingerprint density at radius 1 is 1.19 bits per heavy atom. The fourth-order valence-electron chi connectivity index (χ4n) is 2.83. The maximum Gasteiger partial charge on any atom is 0.267 e. The Bertz CT molecular complexity index is 961. The van der Waals surface area contributed by atoms with E-state index in [0.29, 0.717) is 35.3 Å². The molecule has 3 rings (SSSR count). The normalized spacial score (nSPS) is 11.2. The van der Waals surface area contributed by atoms with Gasteiger partial charge in [0.1, 0.15) is 10.7 Å². The molecule has 3 aromatic rings. The molecule has 1 N–H and O–H groups in total. The van der Waals surface area contributed by atoms with Gasteiger partial charge in [0.05, 0.1) is 13.2 Å². The molecule has 1 amide bonds. The van der Waals surface area contributed by atoms with Gasteiger partial charge in [0.25, 0.3) is 5.91 Å². The van der Waals surface area contributed by atoms with E-state index in [4.69, 9.17) is 9.47 Å². The highest BCUT2D eigenvalue weighted by atomic mass is 32.1. The lowest BCUT2D eigenvalue weighted by Crippen LogP contribution is -2.12. The van der Waals surface area contributed by atoms with Gasteiger partial charge in [-0.05, 0) is 32.9 Å². The molecule has 1 aromatic carbocycles. The number of carbonyl (C=O) groups excluding carboxylic acids is 1. The number of anilines is 1. The van der Waals surface area contributed by atoms with Gasteiger partial charge >= 0.3 is 0 Å². The van der Waals surface area contributed by atoms with Crippen molar-refractivity contribution in [3.63, 3.8) is 0 Å². The molecule has 0 saturated carbocycles. The van der Waals surface area contributed by atoms with E-state index >= 15 is 0 Å². The number of aryl methyl sites for hydroxylation is 1. The summed E-state index contributed by atoms with van der Waals surface area (Å²) < 4.78 is 13.1. The zero-order chi connectivity index (χ0) is 19.6. The van der Waals surface area contributed by atoms with Crippen molar-refractivity contribution in [2.24, 2.45) is 0 Å². The molecular formula is C19H24N4O3S. The monoisotopic (exact) mass is 388 g/mol. The molecule has 2 heterocycles. The van der Waals surface area contributed by atoms with E-state index in [2.05, 4.69) is 29.4 Å². The average molecular weight is 388 g/mol. The number of hydrogen-bond donors (Lipinski definition) is 1. The van der Waals surface area contributed by atoms with Crippen molar-refractivity contribution in [1.82, 2.24) is 14.6 Å². The van der Waals surface area contributed by atoms with Crippen molar-refractivity contribution >= 4 is 27.9 Å². The van der Waals surface area contributed by atoms with Crippen molar-refractivity contribution in [2.75, 3.05) is 18.5 Å². The lowest BCUT2D eigenvalue weighted by atomic mass is 10.2. The minimum Gasteiger partial charge on any atom is -0.490 e. The van der Waals surface area contributed by atoms with Crippen molar-refractivity contribution < 1.29 is 14.3 Å². The van der Waals surface area contributed by atoms with Gasteiger partial charge in [-0.3, -0.25) is 9.20 Å². The molecule has 0 aliphatic rings. The number of carbonyl (C=O) groups is 1. The number of fused-ring (bicyclic) bond motifs is 1. The lowest BCUT2D eigenvalue weighted by Gasteiger charge is -2.13. The number of ether oxygens (including phenoxy) is 2. The Balaban J connectivity index is 1.88. The van der Waals surface area contributed by atoms with Crippen LogP contribution in [0.1, 0.15) is 54.8 Å². The Labute approximate surface area is 162 Å². The molecule has 0 aliphatic carbocycles. The van der Waals surface area contributed by atoms with E-state index in [0.717, 1.165) is 16.5 Å². The predicted molar refractivity (Wildman–Crippen MR) is 106 cm³/mol. The third-order valence-electron chi connectivity index (χ3n) is 4.04. The third-order valence-corrected chi connectivity index (χ3v) is 5.17. The summed E-state index contributed by atoms with van der Waals surface area (Å²) in [7, 11) is 0. The highest BCUT2D eigenvalue weighted by Crippen LogP contribution is 2.32. The van der Waals surface area contributed by atoms with Crippen LogP contribution in [-0.4, -0.2) is 33.7 Å². The first-order chi connectivity index (χ1) is 13.0. The van der Waals surface area contributed by atoms with Gasteiger partial charge < -0.3 is 14.8 Å². The van der Waals surface area contributed by atoms with Crippen LogP contribution in [0.25, 0.3) is 4.96 Å². The van der Waals surface area contributed by atoms with Gasteiger partial charge in [0.2, 0.25) is 4.96 Å². The molecule has 0 atom stereocenters. The van der Waals surface area contributed by atoms with Crippen LogP contribution in [0.2, 0.25) is 0 Å². The fraction of sp³-hybridized carbons (Fsp3) is 0.421. The van der Waals surface area contributed by atoms with Gasteiger partial charge in [0.15, 0.2) is 11.5 Å². The fourth-order valence-corrected chi connectivity index (χ4v) is 3.80. The quantitative estimate of drug-likeness (QED) is 0.654. The van der Waals surface area contributed by atoms with Gasteiger partial charge in [-0.1, -0.05) is 25.2 Å². The molecule has 8 heteroatoms. The number of rotatable bonds is 7. The number of nitrogens with zero attached hydrogens (tertiary/aromatic N) is 3. The molecule has 0 fully saturated rings. The van der Waals surface area contributed by atoms with Gasteiger partial charge in [-0.15, -0.1) is 10.2 Å². The molecule has 7 nitrogen and oxygen atoms in total. The predicted octanol–water partition coefficient (Wildman–Crippen LogP) is 4.27. The maximum atomic E-state index is 12.8. The molecule has 0 spiro atoms. The second-order valence-electron chi connectivity index (χ2n) is 6.33. The standard InChI is InChI=1S/C19H24N4O3S/c1-6-25-14-9-8-13(10-15(14)26-7-2)20-18(24)16-12(5)23-17(11(3)4)21-22-19(23)27-16/h8-11H,6-7H2,1-5H3,(H,20,24). The first-order valence-electron chi connectivity index (χ1n) is 9.01. The van der Waals surface area contributed by atoms with Crippen molar-refractivity contribution in [2.45, 2.75) is 40.5 Å². The maximum absolute atomic E-state index is 12.8. The highest BCUT2D eigenvalue weighted by Gasteiger charge is 2.21. The summed E-state index contributed by atoms with van der Waals surface area (Å²) in [5, 5.41) is 11.4. The van der Waals surface area contributed by atoms with Gasteiger partial charge in [-0.2, -0.15) is 0 Å². The topological polar surface area (TPSA) is 77.8 Å². The number of amides is 1. The smallest absolute Gasteiger partial charge is 0.267 e. The molecule has 0 unspecified atom stereocenters. The number of aromatic nitrogens is 3. The minimum atomic E-state index is -0.177. The summed E-state index contributed by atoms with van der Waals surface area (Å²) in [6, 6.07) is 5.39. The average Bonchev–Trinajstić information content (AvgIpc) is 3.18. The summed E-state index contributed by atoms with van der Waals surface area (Å²) in [4.78, 5) is 14.2. The van der Waals surface area contributed by atoms with E-state index in [1.54, 1.807) is 18.2 Å². The SMILES string of the molecule is CCOc1ccc(NC(=O)c2sc3nnc(C(C)C)n3c2C)cc1OCC. The van der Waals surface area contributed by atoms with E-state index in [1.807, 2.05) is 25.2 Å². The Hall–Kier alpha value is -2.61. The number of thiazole rings is 1. The number of nitrogens with one attached hydrogen (secondary N) is 1. The van der Waals surface area contributed by atoms with Crippen LogP contribution in [0, 0.1) is 6.92 Å².